The zero-order chi connectivity index (χ0) is 11.3. The lowest BCUT2D eigenvalue weighted by Crippen LogP contribution is -2.13. The van der Waals surface area contributed by atoms with Crippen molar-refractivity contribution in [3.05, 3.63) is 21.9 Å². The summed E-state index contributed by atoms with van der Waals surface area (Å²) in [7, 11) is 0. The second-order valence-corrected chi connectivity index (χ2v) is 5.34. The molecule has 0 fully saturated rings. The molecule has 0 N–H and O–H groups in total. The molecule has 2 heteroatoms. The summed E-state index contributed by atoms with van der Waals surface area (Å²) in [6, 6.07) is 4.01. The molecule has 0 unspecified atom stereocenters. The lowest BCUT2D eigenvalue weighted by molar-refractivity contribution is 0.0909. The van der Waals surface area contributed by atoms with Gasteiger partial charge in [0.15, 0.2) is 5.78 Å². The SMILES string of the molecule is CCCC(CCC)C(=O)c1ccc(C)s1. The molecule has 1 aromatic rings. The molecule has 0 aliphatic heterocycles. The first-order chi connectivity index (χ1) is 7.19. The van der Waals surface area contributed by atoms with E-state index in [9.17, 15) is 4.79 Å². The van der Waals surface area contributed by atoms with Crippen molar-refractivity contribution in [1.82, 2.24) is 0 Å². The Morgan fingerprint density at radius 2 is 1.87 bits per heavy atom. The summed E-state index contributed by atoms with van der Waals surface area (Å²) in [5, 5.41) is 0. The maximum atomic E-state index is 12.1. The van der Waals surface area contributed by atoms with Gasteiger partial charge < -0.3 is 0 Å². The second-order valence-electron chi connectivity index (χ2n) is 4.05. The first kappa shape index (κ1) is 12.4. The monoisotopic (exact) mass is 224 g/mol. The van der Waals surface area contributed by atoms with Gasteiger partial charge in [0, 0.05) is 10.8 Å². The Hall–Kier alpha value is -0.630. The zero-order valence-corrected chi connectivity index (χ0v) is 10.7. The van der Waals surface area contributed by atoms with E-state index < -0.39 is 0 Å². The van der Waals surface area contributed by atoms with Crippen LogP contribution >= 0.6 is 11.3 Å². The van der Waals surface area contributed by atoms with E-state index in [0.29, 0.717) is 5.78 Å². The molecular weight excluding hydrogens is 204 g/mol. The number of carbonyl (C=O) groups excluding carboxylic acids is 1. The number of carbonyl (C=O) groups is 1. The van der Waals surface area contributed by atoms with Crippen LogP contribution < -0.4 is 0 Å². The van der Waals surface area contributed by atoms with Crippen LogP contribution in [0.2, 0.25) is 0 Å². The number of aryl methyl sites for hydroxylation is 1. The predicted octanol–water partition coefficient (Wildman–Crippen LogP) is 4.46. The second kappa shape index (κ2) is 6.06. The molecule has 0 saturated carbocycles. The van der Waals surface area contributed by atoms with Gasteiger partial charge in [0.1, 0.15) is 0 Å². The number of thiophene rings is 1. The zero-order valence-electron chi connectivity index (χ0n) is 9.88. The van der Waals surface area contributed by atoms with E-state index in [-0.39, 0.29) is 5.92 Å². The van der Waals surface area contributed by atoms with Crippen molar-refractivity contribution in [2.24, 2.45) is 5.92 Å². The van der Waals surface area contributed by atoms with Crippen LogP contribution in [0.5, 0.6) is 0 Å². The molecule has 0 radical (unpaired) electrons. The maximum absolute atomic E-state index is 12.1. The lowest BCUT2D eigenvalue weighted by atomic mass is 9.93. The molecule has 1 nitrogen and oxygen atoms in total. The summed E-state index contributed by atoms with van der Waals surface area (Å²) in [4.78, 5) is 14.3. The van der Waals surface area contributed by atoms with Crippen molar-refractivity contribution in [2.75, 3.05) is 0 Å². The van der Waals surface area contributed by atoms with Gasteiger partial charge in [-0.05, 0) is 31.9 Å². The van der Waals surface area contributed by atoms with Gasteiger partial charge in [0.25, 0.3) is 0 Å². The highest BCUT2D eigenvalue weighted by molar-refractivity contribution is 7.14. The van der Waals surface area contributed by atoms with Crippen molar-refractivity contribution in [2.45, 2.75) is 46.5 Å². The molecule has 0 bridgehead atoms. The molecule has 0 spiro atoms. The largest absolute Gasteiger partial charge is 0.293 e. The van der Waals surface area contributed by atoms with E-state index in [1.165, 1.54) is 4.88 Å². The van der Waals surface area contributed by atoms with Crippen LogP contribution in [0, 0.1) is 12.8 Å². The number of rotatable bonds is 6. The summed E-state index contributed by atoms with van der Waals surface area (Å²) >= 11 is 1.63. The molecule has 0 aliphatic rings. The first-order valence-corrected chi connectivity index (χ1v) is 6.61. The normalized spacial score (nSPS) is 10.9. The van der Waals surface area contributed by atoms with Crippen molar-refractivity contribution in [3.63, 3.8) is 0 Å². The quantitative estimate of drug-likeness (QED) is 0.652. The Morgan fingerprint density at radius 1 is 1.27 bits per heavy atom. The summed E-state index contributed by atoms with van der Waals surface area (Å²) in [5.41, 5.74) is 0. The molecule has 1 rings (SSSR count). The number of Topliss-reactive ketones (excluding diaryl/α,β-unsaturated/α-hetero) is 1. The average molecular weight is 224 g/mol. The summed E-state index contributed by atoms with van der Waals surface area (Å²) in [6.07, 6.45) is 4.26. The molecule has 0 aliphatic carbocycles. The lowest BCUT2D eigenvalue weighted by Gasteiger charge is -2.12. The van der Waals surface area contributed by atoms with Crippen molar-refractivity contribution < 1.29 is 4.79 Å². The summed E-state index contributed by atoms with van der Waals surface area (Å²) in [5.74, 6) is 0.606. The molecule has 15 heavy (non-hydrogen) atoms. The fourth-order valence-electron chi connectivity index (χ4n) is 1.87. The molecular formula is C13H20OS. The van der Waals surface area contributed by atoms with Gasteiger partial charge in [-0.15, -0.1) is 11.3 Å². The highest BCUT2D eigenvalue weighted by atomic mass is 32.1. The number of hydrogen-bond acceptors (Lipinski definition) is 2. The maximum Gasteiger partial charge on any atom is 0.175 e. The Labute approximate surface area is 96.5 Å². The van der Waals surface area contributed by atoms with Gasteiger partial charge in [-0.25, -0.2) is 0 Å². The van der Waals surface area contributed by atoms with Gasteiger partial charge >= 0.3 is 0 Å². The van der Waals surface area contributed by atoms with E-state index in [0.717, 1.165) is 30.6 Å². The van der Waals surface area contributed by atoms with Crippen LogP contribution in [-0.4, -0.2) is 5.78 Å². The molecule has 84 valence electrons. The Balaban J connectivity index is 2.71. The first-order valence-electron chi connectivity index (χ1n) is 5.79. The van der Waals surface area contributed by atoms with Crippen molar-refractivity contribution in [3.8, 4) is 0 Å². The van der Waals surface area contributed by atoms with Crippen LogP contribution in [-0.2, 0) is 0 Å². The number of hydrogen-bond donors (Lipinski definition) is 0. The van der Waals surface area contributed by atoms with E-state index in [4.69, 9.17) is 0 Å². The third-order valence-electron chi connectivity index (χ3n) is 2.63. The molecule has 0 atom stereocenters. The third kappa shape index (κ3) is 3.45. The van der Waals surface area contributed by atoms with Crippen molar-refractivity contribution >= 4 is 17.1 Å². The smallest absolute Gasteiger partial charge is 0.175 e. The fourth-order valence-corrected chi connectivity index (χ4v) is 2.76. The topological polar surface area (TPSA) is 17.1 Å². The van der Waals surface area contributed by atoms with Crippen LogP contribution in [0.15, 0.2) is 12.1 Å². The van der Waals surface area contributed by atoms with Gasteiger partial charge in [0.2, 0.25) is 0 Å². The van der Waals surface area contributed by atoms with Crippen LogP contribution in [0.4, 0.5) is 0 Å². The molecule has 1 heterocycles. The number of ketones is 1. The molecule has 1 aromatic heterocycles. The molecule has 0 aromatic carbocycles. The Bertz CT molecular complexity index is 308. The summed E-state index contributed by atoms with van der Waals surface area (Å²) in [6.45, 7) is 6.35. The van der Waals surface area contributed by atoms with E-state index in [1.54, 1.807) is 11.3 Å². The van der Waals surface area contributed by atoms with E-state index in [2.05, 4.69) is 20.8 Å². The standard InChI is InChI=1S/C13H20OS/c1-4-6-11(7-5-2)13(14)12-9-8-10(3)15-12/h8-9,11H,4-7H2,1-3H3. The van der Waals surface area contributed by atoms with Crippen LogP contribution in [0.1, 0.15) is 54.1 Å². The Morgan fingerprint density at radius 3 is 2.27 bits per heavy atom. The minimum atomic E-state index is 0.248. The average Bonchev–Trinajstić information content (AvgIpc) is 2.63. The fraction of sp³-hybridized carbons (Fsp3) is 0.615. The van der Waals surface area contributed by atoms with Crippen molar-refractivity contribution in [1.29, 1.82) is 0 Å². The van der Waals surface area contributed by atoms with E-state index in [1.807, 2.05) is 12.1 Å². The molecule has 0 saturated heterocycles. The van der Waals surface area contributed by atoms with E-state index >= 15 is 0 Å². The molecule has 0 amide bonds. The van der Waals surface area contributed by atoms with Gasteiger partial charge in [-0.2, -0.15) is 0 Å². The van der Waals surface area contributed by atoms with Gasteiger partial charge in [0.05, 0.1) is 4.88 Å². The summed E-state index contributed by atoms with van der Waals surface area (Å²) < 4.78 is 0. The van der Waals surface area contributed by atoms with Crippen LogP contribution in [0.25, 0.3) is 0 Å². The highest BCUT2D eigenvalue weighted by Gasteiger charge is 2.19. The van der Waals surface area contributed by atoms with Crippen LogP contribution in [0.3, 0.4) is 0 Å². The minimum absolute atomic E-state index is 0.248. The third-order valence-corrected chi connectivity index (χ3v) is 3.64. The minimum Gasteiger partial charge on any atom is -0.293 e. The van der Waals surface area contributed by atoms with Gasteiger partial charge in [-0.1, -0.05) is 26.7 Å². The predicted molar refractivity (Wildman–Crippen MR) is 66.7 cm³/mol. The highest BCUT2D eigenvalue weighted by Crippen LogP contribution is 2.24. The Kier molecular flexibility index (Phi) is 5.03. The van der Waals surface area contributed by atoms with Gasteiger partial charge in [-0.3, -0.25) is 4.79 Å².